The van der Waals surface area contributed by atoms with Crippen LogP contribution in [0.4, 0.5) is 11.6 Å². The fourth-order valence-electron chi connectivity index (χ4n) is 1.71. The van der Waals surface area contributed by atoms with Crippen LogP contribution in [0.25, 0.3) is 0 Å². The Bertz CT molecular complexity index is 381. The van der Waals surface area contributed by atoms with Crippen LogP contribution in [0, 0.1) is 6.92 Å². The molecule has 0 amide bonds. The van der Waals surface area contributed by atoms with Crippen LogP contribution in [-0.2, 0) is 6.42 Å². The van der Waals surface area contributed by atoms with Crippen molar-refractivity contribution in [3.63, 3.8) is 0 Å². The molecule has 0 bridgehead atoms. The summed E-state index contributed by atoms with van der Waals surface area (Å²) >= 11 is 1.87. The van der Waals surface area contributed by atoms with Gasteiger partial charge >= 0.3 is 0 Å². The summed E-state index contributed by atoms with van der Waals surface area (Å²) in [7, 11) is 1.90. The first kappa shape index (κ1) is 15.1. The van der Waals surface area contributed by atoms with Crippen molar-refractivity contribution in [3.8, 4) is 0 Å². The number of hydrogen-bond acceptors (Lipinski definition) is 5. The van der Waals surface area contributed by atoms with Crippen molar-refractivity contribution in [1.82, 2.24) is 9.97 Å². The first-order valence-corrected chi connectivity index (χ1v) is 7.82. The third kappa shape index (κ3) is 4.05. The van der Waals surface area contributed by atoms with Crippen molar-refractivity contribution in [2.45, 2.75) is 39.7 Å². The molecule has 0 saturated heterocycles. The monoisotopic (exact) mass is 268 g/mol. The minimum Gasteiger partial charge on any atom is -0.373 e. The lowest BCUT2D eigenvalue weighted by Gasteiger charge is -2.18. The van der Waals surface area contributed by atoms with Gasteiger partial charge in [0.25, 0.3) is 0 Å². The van der Waals surface area contributed by atoms with E-state index in [0.29, 0.717) is 6.04 Å². The molecule has 1 aromatic heterocycles. The molecule has 1 atom stereocenters. The van der Waals surface area contributed by atoms with E-state index in [4.69, 9.17) is 0 Å². The van der Waals surface area contributed by atoms with Gasteiger partial charge in [-0.2, -0.15) is 11.8 Å². The van der Waals surface area contributed by atoms with Crippen LogP contribution < -0.4 is 10.6 Å². The summed E-state index contributed by atoms with van der Waals surface area (Å²) < 4.78 is 0. The molecule has 0 fully saturated rings. The zero-order valence-electron chi connectivity index (χ0n) is 12.0. The third-order valence-electron chi connectivity index (χ3n) is 2.88. The number of nitrogens with zero attached hydrogens (tertiary/aromatic N) is 2. The molecule has 0 spiro atoms. The maximum Gasteiger partial charge on any atom is 0.134 e. The highest BCUT2D eigenvalue weighted by Crippen LogP contribution is 2.21. The Labute approximate surface area is 114 Å². The minimum absolute atomic E-state index is 0.431. The zero-order chi connectivity index (χ0) is 13.5. The molecule has 0 radical (unpaired) electrons. The summed E-state index contributed by atoms with van der Waals surface area (Å²) in [5, 5.41) is 6.62. The molecular weight excluding hydrogens is 244 g/mol. The molecule has 4 nitrogen and oxygen atoms in total. The fraction of sp³-hybridized carbons (Fsp3) is 0.692. The summed E-state index contributed by atoms with van der Waals surface area (Å²) in [6, 6.07) is 0.431. The summed E-state index contributed by atoms with van der Waals surface area (Å²) in [4.78, 5) is 9.05. The first-order chi connectivity index (χ1) is 8.62. The standard InChI is InChI=1S/C13H24N4S/c1-6-11-16-12(14-4)10(3)13(17-11)15-9(2)7-8-18-5/h9H,6-8H2,1-5H3,(H2,14,15,16,17). The molecule has 1 rings (SSSR count). The maximum absolute atomic E-state index is 4.58. The molecule has 0 aliphatic heterocycles. The number of anilines is 2. The molecule has 0 saturated carbocycles. The predicted octanol–water partition coefficient (Wildman–Crippen LogP) is 2.94. The smallest absolute Gasteiger partial charge is 0.134 e. The predicted molar refractivity (Wildman–Crippen MR) is 81.8 cm³/mol. The Morgan fingerprint density at radius 1 is 1.28 bits per heavy atom. The van der Waals surface area contributed by atoms with E-state index >= 15 is 0 Å². The minimum atomic E-state index is 0.431. The Hall–Kier alpha value is -0.970. The summed E-state index contributed by atoms with van der Waals surface area (Å²) in [6.45, 7) is 6.32. The van der Waals surface area contributed by atoms with Crippen LogP contribution in [0.2, 0.25) is 0 Å². The molecule has 0 aromatic carbocycles. The highest BCUT2D eigenvalue weighted by atomic mass is 32.2. The average Bonchev–Trinajstić information content (AvgIpc) is 2.38. The molecule has 0 aliphatic carbocycles. The van der Waals surface area contributed by atoms with Gasteiger partial charge in [0.15, 0.2) is 0 Å². The molecule has 1 unspecified atom stereocenters. The van der Waals surface area contributed by atoms with E-state index < -0.39 is 0 Å². The Balaban J connectivity index is 2.86. The molecule has 5 heteroatoms. The third-order valence-corrected chi connectivity index (χ3v) is 3.53. The van der Waals surface area contributed by atoms with Gasteiger partial charge in [-0.25, -0.2) is 9.97 Å². The zero-order valence-corrected chi connectivity index (χ0v) is 12.8. The molecule has 102 valence electrons. The first-order valence-electron chi connectivity index (χ1n) is 6.43. The van der Waals surface area contributed by atoms with E-state index in [1.807, 2.05) is 18.8 Å². The molecule has 1 heterocycles. The number of thioether (sulfide) groups is 1. The molecule has 0 aliphatic rings. The van der Waals surface area contributed by atoms with Crippen molar-refractivity contribution >= 4 is 23.4 Å². The fourth-order valence-corrected chi connectivity index (χ4v) is 2.29. The van der Waals surface area contributed by atoms with Crippen LogP contribution in [0.1, 0.15) is 31.7 Å². The van der Waals surface area contributed by atoms with Gasteiger partial charge in [-0.05, 0) is 32.3 Å². The Morgan fingerprint density at radius 2 is 1.94 bits per heavy atom. The van der Waals surface area contributed by atoms with Gasteiger partial charge in [0, 0.05) is 25.1 Å². The van der Waals surface area contributed by atoms with Crippen LogP contribution >= 0.6 is 11.8 Å². The van der Waals surface area contributed by atoms with E-state index in [1.165, 1.54) is 0 Å². The lowest BCUT2D eigenvalue weighted by Crippen LogP contribution is -2.19. The van der Waals surface area contributed by atoms with Crippen LogP contribution in [0.15, 0.2) is 0 Å². The van der Waals surface area contributed by atoms with E-state index in [0.717, 1.165) is 41.6 Å². The van der Waals surface area contributed by atoms with Crippen molar-refractivity contribution < 1.29 is 0 Å². The number of nitrogens with one attached hydrogen (secondary N) is 2. The van der Waals surface area contributed by atoms with Crippen LogP contribution in [0.3, 0.4) is 0 Å². The van der Waals surface area contributed by atoms with Crippen molar-refractivity contribution in [1.29, 1.82) is 0 Å². The highest BCUT2D eigenvalue weighted by Gasteiger charge is 2.11. The van der Waals surface area contributed by atoms with E-state index in [1.54, 1.807) is 0 Å². The quantitative estimate of drug-likeness (QED) is 0.796. The van der Waals surface area contributed by atoms with Gasteiger partial charge in [0.05, 0.1) is 0 Å². The normalized spacial score (nSPS) is 12.3. The number of rotatable bonds is 7. The highest BCUT2D eigenvalue weighted by molar-refractivity contribution is 7.98. The number of aromatic nitrogens is 2. The van der Waals surface area contributed by atoms with Gasteiger partial charge in [-0.15, -0.1) is 0 Å². The molecular formula is C13H24N4S. The van der Waals surface area contributed by atoms with Gasteiger partial charge in [0.1, 0.15) is 17.5 Å². The molecule has 2 N–H and O–H groups in total. The second-order valence-corrected chi connectivity index (χ2v) is 5.38. The second kappa shape index (κ2) is 7.46. The summed E-state index contributed by atoms with van der Waals surface area (Å²) in [5.41, 5.74) is 1.09. The van der Waals surface area contributed by atoms with Crippen molar-refractivity contribution in [2.24, 2.45) is 0 Å². The largest absolute Gasteiger partial charge is 0.373 e. The second-order valence-electron chi connectivity index (χ2n) is 4.39. The van der Waals surface area contributed by atoms with Crippen molar-refractivity contribution in [2.75, 3.05) is 29.7 Å². The van der Waals surface area contributed by atoms with Gasteiger partial charge in [-0.3, -0.25) is 0 Å². The van der Waals surface area contributed by atoms with E-state index in [-0.39, 0.29) is 0 Å². The number of hydrogen-bond donors (Lipinski definition) is 2. The van der Waals surface area contributed by atoms with E-state index in [2.05, 4.69) is 47.6 Å². The average molecular weight is 268 g/mol. The van der Waals surface area contributed by atoms with Gasteiger partial charge in [0.2, 0.25) is 0 Å². The molecule has 1 aromatic rings. The van der Waals surface area contributed by atoms with E-state index in [9.17, 15) is 0 Å². The Morgan fingerprint density at radius 3 is 2.50 bits per heavy atom. The summed E-state index contributed by atoms with van der Waals surface area (Å²) in [5.74, 6) is 3.92. The van der Waals surface area contributed by atoms with Gasteiger partial charge in [-0.1, -0.05) is 6.92 Å². The Kier molecular flexibility index (Phi) is 6.25. The number of aryl methyl sites for hydroxylation is 1. The lowest BCUT2D eigenvalue weighted by molar-refractivity contribution is 0.761. The lowest BCUT2D eigenvalue weighted by atomic mass is 10.2. The van der Waals surface area contributed by atoms with Gasteiger partial charge < -0.3 is 10.6 Å². The van der Waals surface area contributed by atoms with Crippen LogP contribution in [-0.4, -0.2) is 35.1 Å². The topological polar surface area (TPSA) is 49.8 Å². The maximum atomic E-state index is 4.58. The van der Waals surface area contributed by atoms with Crippen molar-refractivity contribution in [3.05, 3.63) is 11.4 Å². The van der Waals surface area contributed by atoms with Crippen LogP contribution in [0.5, 0.6) is 0 Å². The molecule has 18 heavy (non-hydrogen) atoms. The SMILES string of the molecule is CCc1nc(NC)c(C)c(NC(C)CCSC)n1. The summed E-state index contributed by atoms with van der Waals surface area (Å²) in [6.07, 6.45) is 4.13.